The molecular formula is C13H20N2O4S. The minimum atomic E-state index is -3.92. The van der Waals surface area contributed by atoms with Gasteiger partial charge in [-0.2, -0.15) is 0 Å². The topological polar surface area (TPSA) is 75.7 Å². The van der Waals surface area contributed by atoms with Gasteiger partial charge < -0.3 is 9.64 Å². The molecule has 1 rings (SSSR count). The molecule has 1 aromatic carbocycles. The zero-order valence-corrected chi connectivity index (χ0v) is 13.1. The molecule has 1 aromatic rings. The SMILES string of the molecule is CN(C)c1ccc(S(=O)(=O)NC(=O)OC(C)(C)C)cc1. The third-order valence-corrected chi connectivity index (χ3v) is 3.61. The minimum Gasteiger partial charge on any atom is -0.443 e. The number of nitrogens with zero attached hydrogens (tertiary/aromatic N) is 1. The van der Waals surface area contributed by atoms with E-state index < -0.39 is 21.7 Å². The average molecular weight is 300 g/mol. The first-order valence-electron chi connectivity index (χ1n) is 6.04. The summed E-state index contributed by atoms with van der Waals surface area (Å²) in [5.41, 5.74) is 0.107. The van der Waals surface area contributed by atoms with Crippen molar-refractivity contribution in [3.8, 4) is 0 Å². The Balaban J connectivity index is 2.86. The van der Waals surface area contributed by atoms with Crippen LogP contribution in [-0.2, 0) is 14.8 Å². The largest absolute Gasteiger partial charge is 0.443 e. The van der Waals surface area contributed by atoms with Crippen LogP contribution in [0, 0.1) is 0 Å². The summed E-state index contributed by atoms with van der Waals surface area (Å²) in [6.45, 7) is 4.97. The molecule has 0 aliphatic carbocycles. The number of carbonyl (C=O) groups excluding carboxylic acids is 1. The summed E-state index contributed by atoms with van der Waals surface area (Å²) in [5, 5.41) is 0. The van der Waals surface area contributed by atoms with Crippen molar-refractivity contribution < 1.29 is 17.9 Å². The third-order valence-electron chi connectivity index (χ3n) is 2.28. The van der Waals surface area contributed by atoms with E-state index in [4.69, 9.17) is 4.74 Å². The smallest absolute Gasteiger partial charge is 0.421 e. The number of nitrogens with one attached hydrogen (secondary N) is 1. The predicted octanol–water partition coefficient (Wildman–Crippen LogP) is 1.97. The lowest BCUT2D eigenvalue weighted by Gasteiger charge is -2.19. The minimum absolute atomic E-state index is 0.00830. The van der Waals surface area contributed by atoms with Gasteiger partial charge in [-0.1, -0.05) is 0 Å². The van der Waals surface area contributed by atoms with Gasteiger partial charge in [-0.25, -0.2) is 17.9 Å². The van der Waals surface area contributed by atoms with Gasteiger partial charge in [0.15, 0.2) is 0 Å². The summed E-state index contributed by atoms with van der Waals surface area (Å²) in [4.78, 5) is 13.4. The molecule has 6 nitrogen and oxygen atoms in total. The maximum absolute atomic E-state index is 12.0. The van der Waals surface area contributed by atoms with Gasteiger partial charge in [0.05, 0.1) is 4.90 Å². The fourth-order valence-electron chi connectivity index (χ4n) is 1.39. The highest BCUT2D eigenvalue weighted by molar-refractivity contribution is 7.90. The quantitative estimate of drug-likeness (QED) is 0.923. The Labute approximate surface area is 119 Å². The summed E-state index contributed by atoms with van der Waals surface area (Å²) in [6.07, 6.45) is -0.991. The number of hydrogen-bond donors (Lipinski definition) is 1. The van der Waals surface area contributed by atoms with Gasteiger partial charge in [0, 0.05) is 19.8 Å². The van der Waals surface area contributed by atoms with Crippen molar-refractivity contribution in [1.82, 2.24) is 4.72 Å². The van der Waals surface area contributed by atoms with Crippen LogP contribution < -0.4 is 9.62 Å². The van der Waals surface area contributed by atoms with E-state index in [2.05, 4.69) is 0 Å². The van der Waals surface area contributed by atoms with Crippen LogP contribution in [-0.4, -0.2) is 34.2 Å². The normalized spacial score (nSPS) is 11.8. The Morgan fingerprint density at radius 2 is 1.65 bits per heavy atom. The maximum atomic E-state index is 12.0. The number of sulfonamides is 1. The van der Waals surface area contributed by atoms with Crippen LogP contribution in [0.1, 0.15) is 20.8 Å². The molecule has 1 amide bonds. The second-order valence-corrected chi connectivity index (χ2v) is 7.18. The molecule has 0 fully saturated rings. The van der Waals surface area contributed by atoms with E-state index in [0.717, 1.165) is 5.69 Å². The lowest BCUT2D eigenvalue weighted by molar-refractivity contribution is 0.0570. The molecule has 0 aliphatic heterocycles. The molecule has 7 heteroatoms. The highest BCUT2D eigenvalue weighted by Gasteiger charge is 2.22. The zero-order valence-electron chi connectivity index (χ0n) is 12.3. The highest BCUT2D eigenvalue weighted by atomic mass is 32.2. The van der Waals surface area contributed by atoms with Crippen LogP contribution >= 0.6 is 0 Å². The fourth-order valence-corrected chi connectivity index (χ4v) is 2.26. The van der Waals surface area contributed by atoms with Gasteiger partial charge in [-0.15, -0.1) is 0 Å². The van der Waals surface area contributed by atoms with E-state index in [9.17, 15) is 13.2 Å². The number of hydrogen-bond acceptors (Lipinski definition) is 5. The molecule has 0 aliphatic rings. The van der Waals surface area contributed by atoms with Gasteiger partial charge >= 0.3 is 6.09 Å². The number of carbonyl (C=O) groups is 1. The molecule has 0 atom stereocenters. The Morgan fingerprint density at radius 1 is 1.15 bits per heavy atom. The Morgan fingerprint density at radius 3 is 2.05 bits per heavy atom. The number of ether oxygens (including phenoxy) is 1. The molecule has 1 N–H and O–H groups in total. The summed E-state index contributed by atoms with van der Waals surface area (Å²) in [6, 6.07) is 6.18. The Kier molecular flexibility index (Phi) is 4.65. The third kappa shape index (κ3) is 4.73. The first kappa shape index (κ1) is 16.3. The molecule has 112 valence electrons. The van der Waals surface area contributed by atoms with Crippen LogP contribution in [0.15, 0.2) is 29.2 Å². The first-order valence-corrected chi connectivity index (χ1v) is 7.53. The molecule has 0 spiro atoms. The molecule has 20 heavy (non-hydrogen) atoms. The van der Waals surface area contributed by atoms with Crippen LogP contribution in [0.5, 0.6) is 0 Å². The average Bonchev–Trinajstić information content (AvgIpc) is 2.25. The lowest BCUT2D eigenvalue weighted by atomic mass is 10.2. The van der Waals surface area contributed by atoms with Crippen molar-refractivity contribution in [3.63, 3.8) is 0 Å². The van der Waals surface area contributed by atoms with E-state index in [-0.39, 0.29) is 4.90 Å². The molecular weight excluding hydrogens is 280 g/mol. The molecule has 0 saturated heterocycles. The highest BCUT2D eigenvalue weighted by Crippen LogP contribution is 2.16. The Hall–Kier alpha value is -1.76. The van der Waals surface area contributed by atoms with Gasteiger partial charge in [0.1, 0.15) is 5.60 Å². The second-order valence-electron chi connectivity index (χ2n) is 5.50. The van der Waals surface area contributed by atoms with Crippen LogP contribution in [0.4, 0.5) is 10.5 Å². The standard InChI is InChI=1S/C13H20N2O4S/c1-13(2,3)19-12(16)14-20(17,18)11-8-6-10(7-9-11)15(4)5/h6-9H,1-5H3,(H,14,16). The van der Waals surface area contributed by atoms with Crippen molar-refractivity contribution >= 4 is 21.8 Å². The predicted molar refractivity (Wildman–Crippen MR) is 77.3 cm³/mol. The molecule has 0 unspecified atom stereocenters. The van der Waals surface area contributed by atoms with E-state index in [1.165, 1.54) is 12.1 Å². The van der Waals surface area contributed by atoms with Gasteiger partial charge in [-0.05, 0) is 45.0 Å². The van der Waals surface area contributed by atoms with Crippen molar-refractivity contribution in [2.45, 2.75) is 31.3 Å². The van der Waals surface area contributed by atoms with Gasteiger partial charge in [0.25, 0.3) is 10.0 Å². The van der Waals surface area contributed by atoms with E-state index in [1.54, 1.807) is 32.9 Å². The lowest BCUT2D eigenvalue weighted by Crippen LogP contribution is -2.36. The van der Waals surface area contributed by atoms with E-state index in [1.807, 2.05) is 23.7 Å². The Bertz CT molecular complexity index is 571. The monoisotopic (exact) mass is 300 g/mol. The molecule has 0 bridgehead atoms. The second kappa shape index (κ2) is 5.70. The van der Waals surface area contributed by atoms with Crippen molar-refractivity contribution in [2.75, 3.05) is 19.0 Å². The van der Waals surface area contributed by atoms with Crippen molar-refractivity contribution in [1.29, 1.82) is 0 Å². The van der Waals surface area contributed by atoms with Crippen LogP contribution in [0.2, 0.25) is 0 Å². The van der Waals surface area contributed by atoms with Gasteiger partial charge in [0.2, 0.25) is 0 Å². The fraction of sp³-hybridized carbons (Fsp3) is 0.462. The number of anilines is 1. The van der Waals surface area contributed by atoms with Crippen LogP contribution in [0.3, 0.4) is 0 Å². The summed E-state index contributed by atoms with van der Waals surface area (Å²) in [5.74, 6) is 0. The summed E-state index contributed by atoms with van der Waals surface area (Å²) >= 11 is 0. The molecule has 0 radical (unpaired) electrons. The van der Waals surface area contributed by atoms with Crippen molar-refractivity contribution in [3.05, 3.63) is 24.3 Å². The van der Waals surface area contributed by atoms with Crippen molar-refractivity contribution in [2.24, 2.45) is 0 Å². The number of rotatable bonds is 3. The molecule has 0 aromatic heterocycles. The van der Waals surface area contributed by atoms with Crippen LogP contribution in [0.25, 0.3) is 0 Å². The summed E-state index contributed by atoms with van der Waals surface area (Å²) in [7, 11) is -0.218. The zero-order chi connectivity index (χ0) is 15.6. The molecule has 0 saturated carbocycles. The number of amides is 1. The van der Waals surface area contributed by atoms with E-state index in [0.29, 0.717) is 0 Å². The van der Waals surface area contributed by atoms with Gasteiger partial charge in [-0.3, -0.25) is 0 Å². The van der Waals surface area contributed by atoms with E-state index >= 15 is 0 Å². The molecule has 0 heterocycles. The maximum Gasteiger partial charge on any atom is 0.421 e. The number of benzene rings is 1. The summed E-state index contributed by atoms with van der Waals surface area (Å²) < 4.78 is 30.8. The first-order chi connectivity index (χ1) is 9.01.